The minimum Gasteiger partial charge on any atom is -0.508 e. The van der Waals surface area contributed by atoms with E-state index in [1.165, 1.54) is 27.8 Å². The molecule has 2 aliphatic rings. The summed E-state index contributed by atoms with van der Waals surface area (Å²) in [5.41, 5.74) is 6.54. The number of hydrogen-bond donors (Lipinski definition) is 3. The van der Waals surface area contributed by atoms with E-state index in [-0.39, 0.29) is 5.41 Å². The van der Waals surface area contributed by atoms with Gasteiger partial charge in [-0.2, -0.15) is 0 Å². The summed E-state index contributed by atoms with van der Waals surface area (Å²) in [6.45, 7) is 0. The average Bonchev–Trinajstić information content (AvgIpc) is 3.17. The first-order chi connectivity index (χ1) is 13.5. The second-order valence-corrected chi connectivity index (χ2v) is 8.49. The Bertz CT molecular complexity index is 1030. The van der Waals surface area contributed by atoms with Crippen LogP contribution < -0.4 is 0 Å². The molecule has 3 N–H and O–H groups in total. The van der Waals surface area contributed by atoms with Crippen molar-refractivity contribution in [3.05, 3.63) is 88.5 Å². The van der Waals surface area contributed by atoms with Crippen LogP contribution in [-0.2, 0) is 25.7 Å². The maximum absolute atomic E-state index is 10.1. The molecular formula is C25H24O3. The number of benzene rings is 3. The number of aryl methyl sites for hydroxylation is 1. The first-order valence-corrected chi connectivity index (χ1v) is 9.93. The topological polar surface area (TPSA) is 60.7 Å². The van der Waals surface area contributed by atoms with Gasteiger partial charge in [0.2, 0.25) is 0 Å². The summed E-state index contributed by atoms with van der Waals surface area (Å²) in [7, 11) is 0. The van der Waals surface area contributed by atoms with Gasteiger partial charge < -0.3 is 15.3 Å². The number of phenolic OH excluding ortho intramolecular Hbond substituents is 3. The third-order valence-electron chi connectivity index (χ3n) is 6.72. The van der Waals surface area contributed by atoms with Crippen molar-refractivity contribution in [3.8, 4) is 17.2 Å². The molecule has 2 atom stereocenters. The summed E-state index contributed by atoms with van der Waals surface area (Å²) in [6, 6.07) is 19.1. The predicted octanol–water partition coefficient (Wildman–Crippen LogP) is 4.86. The van der Waals surface area contributed by atoms with Crippen LogP contribution in [0.4, 0.5) is 0 Å². The second kappa shape index (κ2) is 6.30. The zero-order chi connectivity index (χ0) is 19.3. The number of aromatic hydroxyl groups is 3. The van der Waals surface area contributed by atoms with E-state index >= 15 is 0 Å². The average molecular weight is 372 g/mol. The lowest BCUT2D eigenvalue weighted by atomic mass is 9.71. The van der Waals surface area contributed by atoms with E-state index in [2.05, 4.69) is 12.1 Å². The number of phenols is 3. The summed E-state index contributed by atoms with van der Waals surface area (Å²) < 4.78 is 0. The standard InChI is InChI=1S/C25H24O3/c26-20-6-1-16(2-7-20)3-10-24-23-12-22(28)9-5-18(23)14-25(24)13-17-4-8-21(27)11-19(17)15-25/h1-2,4-9,11-12,24,26-28H,3,10,13-15H2/t24?,25-/m0/s1. The Kier molecular flexibility index (Phi) is 3.87. The van der Waals surface area contributed by atoms with Crippen molar-refractivity contribution in [1.29, 1.82) is 0 Å². The molecule has 0 saturated heterocycles. The van der Waals surface area contributed by atoms with Crippen LogP contribution in [0.3, 0.4) is 0 Å². The first-order valence-electron chi connectivity index (χ1n) is 9.93. The van der Waals surface area contributed by atoms with Crippen LogP contribution in [0.25, 0.3) is 0 Å². The molecule has 3 aromatic rings. The zero-order valence-corrected chi connectivity index (χ0v) is 15.7. The normalized spacial score (nSPS) is 22.4. The van der Waals surface area contributed by atoms with Gasteiger partial charge in [-0.15, -0.1) is 0 Å². The van der Waals surface area contributed by atoms with Crippen molar-refractivity contribution in [2.24, 2.45) is 5.41 Å². The van der Waals surface area contributed by atoms with E-state index in [1.807, 2.05) is 24.3 Å². The van der Waals surface area contributed by atoms with Crippen molar-refractivity contribution in [2.45, 2.75) is 38.0 Å². The van der Waals surface area contributed by atoms with Crippen molar-refractivity contribution in [1.82, 2.24) is 0 Å². The molecule has 0 radical (unpaired) electrons. The second-order valence-electron chi connectivity index (χ2n) is 8.49. The van der Waals surface area contributed by atoms with E-state index in [0.29, 0.717) is 23.2 Å². The van der Waals surface area contributed by atoms with Crippen LogP contribution >= 0.6 is 0 Å². The molecule has 3 aromatic carbocycles. The van der Waals surface area contributed by atoms with Gasteiger partial charge in [-0.25, -0.2) is 0 Å². The Hall–Kier alpha value is -2.94. The van der Waals surface area contributed by atoms with Crippen LogP contribution in [0, 0.1) is 5.41 Å². The Labute approximate surface area is 164 Å². The molecular weight excluding hydrogens is 348 g/mol. The van der Waals surface area contributed by atoms with Crippen LogP contribution in [0.5, 0.6) is 17.2 Å². The fraction of sp³-hybridized carbons (Fsp3) is 0.280. The molecule has 3 nitrogen and oxygen atoms in total. The molecule has 0 fully saturated rings. The van der Waals surface area contributed by atoms with Gasteiger partial charge in [-0.3, -0.25) is 0 Å². The van der Waals surface area contributed by atoms with E-state index in [0.717, 1.165) is 32.1 Å². The number of fused-ring (bicyclic) bond motifs is 2. The Morgan fingerprint density at radius 2 is 1.29 bits per heavy atom. The van der Waals surface area contributed by atoms with Gasteiger partial charge in [0.25, 0.3) is 0 Å². The van der Waals surface area contributed by atoms with Crippen molar-refractivity contribution in [2.75, 3.05) is 0 Å². The summed E-state index contributed by atoms with van der Waals surface area (Å²) in [4.78, 5) is 0. The Balaban J connectivity index is 1.49. The van der Waals surface area contributed by atoms with Gasteiger partial charge in [0, 0.05) is 0 Å². The molecule has 3 heteroatoms. The minimum atomic E-state index is 0.114. The molecule has 0 saturated carbocycles. The first kappa shape index (κ1) is 17.2. The lowest BCUT2D eigenvalue weighted by molar-refractivity contribution is 0.248. The minimum absolute atomic E-state index is 0.114. The maximum atomic E-state index is 10.1. The van der Waals surface area contributed by atoms with Gasteiger partial charge >= 0.3 is 0 Å². The van der Waals surface area contributed by atoms with E-state index < -0.39 is 0 Å². The molecule has 5 rings (SSSR count). The molecule has 0 bridgehead atoms. The van der Waals surface area contributed by atoms with Crippen LogP contribution in [-0.4, -0.2) is 15.3 Å². The SMILES string of the molecule is Oc1ccc(CCC2c3cc(O)ccc3C[C@]23Cc2ccc(O)cc2C3)cc1. The fourth-order valence-electron chi connectivity index (χ4n) is 5.48. The molecule has 1 unspecified atom stereocenters. The number of hydrogen-bond acceptors (Lipinski definition) is 3. The molecule has 1 spiro atoms. The highest BCUT2D eigenvalue weighted by Gasteiger charge is 2.49. The Morgan fingerprint density at radius 3 is 2.07 bits per heavy atom. The third kappa shape index (κ3) is 2.82. The maximum Gasteiger partial charge on any atom is 0.115 e. The van der Waals surface area contributed by atoms with E-state index in [4.69, 9.17) is 0 Å². The summed E-state index contributed by atoms with van der Waals surface area (Å²) in [6.07, 6.45) is 4.92. The zero-order valence-electron chi connectivity index (χ0n) is 15.7. The van der Waals surface area contributed by atoms with Crippen molar-refractivity contribution in [3.63, 3.8) is 0 Å². The van der Waals surface area contributed by atoms with E-state index in [1.54, 1.807) is 24.3 Å². The smallest absolute Gasteiger partial charge is 0.115 e. The fourth-order valence-corrected chi connectivity index (χ4v) is 5.48. The summed E-state index contributed by atoms with van der Waals surface area (Å²) in [5.74, 6) is 1.32. The Morgan fingerprint density at radius 1 is 0.679 bits per heavy atom. The van der Waals surface area contributed by atoms with Crippen molar-refractivity contribution >= 4 is 0 Å². The number of rotatable bonds is 3. The highest BCUT2D eigenvalue weighted by atomic mass is 16.3. The third-order valence-corrected chi connectivity index (χ3v) is 6.72. The largest absolute Gasteiger partial charge is 0.508 e. The summed E-state index contributed by atoms with van der Waals surface area (Å²) >= 11 is 0. The lowest BCUT2D eigenvalue weighted by Crippen LogP contribution is -2.27. The molecule has 28 heavy (non-hydrogen) atoms. The predicted molar refractivity (Wildman–Crippen MR) is 109 cm³/mol. The van der Waals surface area contributed by atoms with Crippen molar-refractivity contribution < 1.29 is 15.3 Å². The van der Waals surface area contributed by atoms with Gasteiger partial charge in [0.1, 0.15) is 17.2 Å². The molecule has 0 aromatic heterocycles. The van der Waals surface area contributed by atoms with Crippen LogP contribution in [0.2, 0.25) is 0 Å². The van der Waals surface area contributed by atoms with Crippen LogP contribution in [0.1, 0.15) is 40.2 Å². The molecule has 0 amide bonds. The summed E-state index contributed by atoms with van der Waals surface area (Å²) in [5, 5.41) is 29.6. The quantitative estimate of drug-likeness (QED) is 0.615. The van der Waals surface area contributed by atoms with Gasteiger partial charge in [-0.1, -0.05) is 24.3 Å². The monoisotopic (exact) mass is 372 g/mol. The van der Waals surface area contributed by atoms with Gasteiger partial charge in [0.15, 0.2) is 0 Å². The van der Waals surface area contributed by atoms with Crippen LogP contribution in [0.15, 0.2) is 60.7 Å². The highest BCUT2D eigenvalue weighted by molar-refractivity contribution is 5.49. The molecule has 142 valence electrons. The van der Waals surface area contributed by atoms with E-state index in [9.17, 15) is 15.3 Å². The van der Waals surface area contributed by atoms with Gasteiger partial charge in [-0.05, 0) is 108 Å². The molecule has 0 aliphatic heterocycles. The van der Waals surface area contributed by atoms with Gasteiger partial charge in [0.05, 0.1) is 0 Å². The molecule has 2 aliphatic carbocycles. The highest BCUT2D eigenvalue weighted by Crippen LogP contribution is 2.57. The lowest BCUT2D eigenvalue weighted by Gasteiger charge is -2.32. The molecule has 0 heterocycles.